The summed E-state index contributed by atoms with van der Waals surface area (Å²) < 4.78 is 5.15. The van der Waals surface area contributed by atoms with Gasteiger partial charge in [-0.3, -0.25) is 0 Å². The third-order valence-corrected chi connectivity index (χ3v) is 1.90. The number of H-pyrrole nitrogens is 1. The fourth-order valence-electron chi connectivity index (χ4n) is 1.26. The molecule has 0 saturated carbocycles. The maximum Gasteiger partial charge on any atom is 0.140 e. The second-order valence-corrected chi connectivity index (χ2v) is 2.69. The van der Waals surface area contributed by atoms with E-state index in [0.717, 1.165) is 22.5 Å². The minimum absolute atomic E-state index is 0.835. The number of fused-ring (bicyclic) bond motifs is 1. The van der Waals surface area contributed by atoms with Gasteiger partial charge in [-0.2, -0.15) is 0 Å². The van der Waals surface area contributed by atoms with Crippen LogP contribution in [0.25, 0.3) is 11.0 Å². The molecule has 2 heterocycles. The van der Waals surface area contributed by atoms with Gasteiger partial charge >= 0.3 is 0 Å². The highest BCUT2D eigenvalue weighted by Crippen LogP contribution is 2.20. The van der Waals surface area contributed by atoms with E-state index in [1.165, 1.54) is 0 Å². The van der Waals surface area contributed by atoms with Crippen molar-refractivity contribution < 1.29 is 4.74 Å². The summed E-state index contributed by atoms with van der Waals surface area (Å²) in [7, 11) is 1.66. The second-order valence-electron chi connectivity index (χ2n) is 2.69. The SMILES string of the molecule is COc1cc2cc[nH]c2nc1C. The maximum absolute atomic E-state index is 5.15. The van der Waals surface area contributed by atoms with Crippen molar-refractivity contribution in [1.82, 2.24) is 9.97 Å². The van der Waals surface area contributed by atoms with E-state index < -0.39 is 0 Å². The van der Waals surface area contributed by atoms with Crippen molar-refractivity contribution in [3.63, 3.8) is 0 Å². The van der Waals surface area contributed by atoms with Crippen LogP contribution >= 0.6 is 0 Å². The smallest absolute Gasteiger partial charge is 0.140 e. The number of nitrogens with one attached hydrogen (secondary N) is 1. The lowest BCUT2D eigenvalue weighted by Crippen LogP contribution is -1.90. The summed E-state index contributed by atoms with van der Waals surface area (Å²) in [6.07, 6.45) is 1.87. The van der Waals surface area contributed by atoms with Crippen LogP contribution in [0.5, 0.6) is 5.75 Å². The van der Waals surface area contributed by atoms with Crippen LogP contribution in [0.15, 0.2) is 18.3 Å². The standard InChI is InChI=1S/C9H10N2O/c1-6-8(12-2)5-7-3-4-10-9(7)11-6/h3-5H,1-2H3,(H,10,11). The first-order valence-electron chi connectivity index (χ1n) is 3.80. The molecule has 62 valence electrons. The van der Waals surface area contributed by atoms with Crippen LogP contribution in [-0.2, 0) is 0 Å². The topological polar surface area (TPSA) is 37.9 Å². The van der Waals surface area contributed by atoms with Crippen LogP contribution in [0.2, 0.25) is 0 Å². The Morgan fingerprint density at radius 2 is 2.33 bits per heavy atom. The Kier molecular flexibility index (Phi) is 1.50. The van der Waals surface area contributed by atoms with Gasteiger partial charge in [0.25, 0.3) is 0 Å². The van der Waals surface area contributed by atoms with E-state index in [4.69, 9.17) is 4.74 Å². The first kappa shape index (κ1) is 7.16. The zero-order valence-corrected chi connectivity index (χ0v) is 7.09. The molecule has 0 saturated heterocycles. The van der Waals surface area contributed by atoms with Crippen LogP contribution in [0.3, 0.4) is 0 Å². The van der Waals surface area contributed by atoms with E-state index >= 15 is 0 Å². The Morgan fingerprint density at radius 1 is 1.50 bits per heavy atom. The molecule has 0 unspecified atom stereocenters. The highest BCUT2D eigenvalue weighted by atomic mass is 16.5. The lowest BCUT2D eigenvalue weighted by molar-refractivity contribution is 0.410. The van der Waals surface area contributed by atoms with Crippen LogP contribution in [-0.4, -0.2) is 17.1 Å². The summed E-state index contributed by atoms with van der Waals surface area (Å²) in [6, 6.07) is 3.96. The summed E-state index contributed by atoms with van der Waals surface area (Å²) in [5.74, 6) is 0.835. The number of aromatic nitrogens is 2. The van der Waals surface area contributed by atoms with Crippen molar-refractivity contribution in [3.8, 4) is 5.75 Å². The summed E-state index contributed by atoms with van der Waals surface area (Å²) >= 11 is 0. The number of rotatable bonds is 1. The lowest BCUT2D eigenvalue weighted by Gasteiger charge is -2.02. The molecule has 0 radical (unpaired) electrons. The molecule has 0 atom stereocenters. The molecule has 12 heavy (non-hydrogen) atoms. The maximum atomic E-state index is 5.15. The van der Waals surface area contributed by atoms with E-state index in [2.05, 4.69) is 9.97 Å². The second kappa shape index (κ2) is 2.52. The van der Waals surface area contributed by atoms with Gasteiger partial charge in [0, 0.05) is 11.6 Å². The molecule has 3 heteroatoms. The zero-order chi connectivity index (χ0) is 8.55. The molecule has 1 N–H and O–H groups in total. The Balaban J connectivity index is 2.73. The van der Waals surface area contributed by atoms with Gasteiger partial charge < -0.3 is 9.72 Å². The average molecular weight is 162 g/mol. The van der Waals surface area contributed by atoms with E-state index in [9.17, 15) is 0 Å². The van der Waals surface area contributed by atoms with Crippen molar-refractivity contribution in [2.45, 2.75) is 6.92 Å². The Morgan fingerprint density at radius 3 is 3.08 bits per heavy atom. The van der Waals surface area contributed by atoms with Gasteiger partial charge in [-0.1, -0.05) is 0 Å². The van der Waals surface area contributed by atoms with Crippen LogP contribution in [0.1, 0.15) is 5.69 Å². The number of aromatic amines is 1. The molecule has 0 aromatic carbocycles. The van der Waals surface area contributed by atoms with E-state index in [0.29, 0.717) is 0 Å². The molecule has 0 spiro atoms. The normalized spacial score (nSPS) is 10.5. The molecule has 2 rings (SSSR count). The molecule has 0 bridgehead atoms. The molecular weight excluding hydrogens is 152 g/mol. The molecule has 3 nitrogen and oxygen atoms in total. The number of aryl methyl sites for hydroxylation is 1. The summed E-state index contributed by atoms with van der Waals surface area (Å²) in [6.45, 7) is 1.93. The third-order valence-electron chi connectivity index (χ3n) is 1.90. The molecule has 2 aromatic rings. The molecule has 0 amide bonds. The van der Waals surface area contributed by atoms with Gasteiger partial charge in [0.05, 0.1) is 12.8 Å². The molecule has 0 aliphatic rings. The summed E-state index contributed by atoms with van der Waals surface area (Å²) in [5, 5.41) is 1.08. The monoisotopic (exact) mass is 162 g/mol. The van der Waals surface area contributed by atoms with Crippen LogP contribution < -0.4 is 4.74 Å². The van der Waals surface area contributed by atoms with E-state index in [1.54, 1.807) is 7.11 Å². The molecule has 0 aliphatic heterocycles. The Hall–Kier alpha value is -1.51. The van der Waals surface area contributed by atoms with Gasteiger partial charge in [0.1, 0.15) is 11.4 Å². The quantitative estimate of drug-likeness (QED) is 0.695. The predicted octanol–water partition coefficient (Wildman–Crippen LogP) is 1.88. The summed E-state index contributed by atoms with van der Waals surface area (Å²) in [4.78, 5) is 7.37. The largest absolute Gasteiger partial charge is 0.495 e. The van der Waals surface area contributed by atoms with Gasteiger partial charge in [0.2, 0.25) is 0 Å². The number of nitrogens with zero attached hydrogens (tertiary/aromatic N) is 1. The van der Waals surface area contributed by atoms with Crippen molar-refractivity contribution in [2.75, 3.05) is 7.11 Å². The fourth-order valence-corrected chi connectivity index (χ4v) is 1.26. The Bertz CT molecular complexity index is 406. The van der Waals surface area contributed by atoms with Crippen LogP contribution in [0, 0.1) is 6.92 Å². The highest BCUT2D eigenvalue weighted by Gasteiger charge is 2.02. The van der Waals surface area contributed by atoms with Gasteiger partial charge in [-0.25, -0.2) is 4.98 Å². The lowest BCUT2D eigenvalue weighted by atomic mass is 10.3. The fraction of sp³-hybridized carbons (Fsp3) is 0.222. The van der Waals surface area contributed by atoms with E-state index in [1.807, 2.05) is 25.3 Å². The van der Waals surface area contributed by atoms with E-state index in [-0.39, 0.29) is 0 Å². The van der Waals surface area contributed by atoms with Gasteiger partial charge in [-0.15, -0.1) is 0 Å². The Labute approximate surface area is 70.4 Å². The van der Waals surface area contributed by atoms with Gasteiger partial charge in [-0.05, 0) is 19.1 Å². The average Bonchev–Trinajstić information content (AvgIpc) is 2.49. The van der Waals surface area contributed by atoms with Crippen molar-refractivity contribution in [2.24, 2.45) is 0 Å². The number of ether oxygens (including phenoxy) is 1. The van der Waals surface area contributed by atoms with Crippen molar-refractivity contribution >= 4 is 11.0 Å². The number of hydrogen-bond donors (Lipinski definition) is 1. The predicted molar refractivity (Wildman–Crippen MR) is 47.4 cm³/mol. The molecule has 0 fully saturated rings. The summed E-state index contributed by atoms with van der Waals surface area (Å²) in [5.41, 5.74) is 1.82. The van der Waals surface area contributed by atoms with Crippen molar-refractivity contribution in [3.05, 3.63) is 24.0 Å². The van der Waals surface area contributed by atoms with Crippen molar-refractivity contribution in [1.29, 1.82) is 0 Å². The third kappa shape index (κ3) is 0.942. The number of methoxy groups -OCH3 is 1. The molecular formula is C9H10N2O. The zero-order valence-electron chi connectivity index (χ0n) is 7.09. The van der Waals surface area contributed by atoms with Crippen LogP contribution in [0.4, 0.5) is 0 Å². The molecule has 2 aromatic heterocycles. The number of hydrogen-bond acceptors (Lipinski definition) is 2. The van der Waals surface area contributed by atoms with Gasteiger partial charge in [0.15, 0.2) is 0 Å². The first-order valence-corrected chi connectivity index (χ1v) is 3.80. The molecule has 0 aliphatic carbocycles. The minimum atomic E-state index is 0.835. The minimum Gasteiger partial charge on any atom is -0.495 e. The highest BCUT2D eigenvalue weighted by molar-refractivity contribution is 5.77. The number of pyridine rings is 1. The first-order chi connectivity index (χ1) is 5.81.